The molecule has 13 heavy (non-hydrogen) atoms. The van der Waals surface area contributed by atoms with Crippen LogP contribution in [0.3, 0.4) is 0 Å². The van der Waals surface area contributed by atoms with Crippen LogP contribution in [-0.2, 0) is 9.59 Å². The Morgan fingerprint density at radius 2 is 1.46 bits per heavy atom. The van der Waals surface area contributed by atoms with Gasteiger partial charge in [0.2, 0.25) is 0 Å². The Kier molecular flexibility index (Phi) is 4.32. The molecule has 0 radical (unpaired) electrons. The molecule has 0 heterocycles. The van der Waals surface area contributed by atoms with E-state index in [2.05, 4.69) is 0 Å². The SMILES string of the molecule is O=C(O)[C@H](O)C[C@H](O)[C@H](O)C(=O)O. The number of aliphatic hydroxyl groups is 3. The van der Waals surface area contributed by atoms with Crippen molar-refractivity contribution in [1.29, 1.82) is 0 Å². The molecule has 0 saturated heterocycles. The summed E-state index contributed by atoms with van der Waals surface area (Å²) in [6, 6.07) is 0. The van der Waals surface area contributed by atoms with E-state index < -0.39 is 36.7 Å². The van der Waals surface area contributed by atoms with Crippen LogP contribution < -0.4 is 0 Å². The fourth-order valence-electron chi connectivity index (χ4n) is 0.623. The molecule has 0 aliphatic heterocycles. The second-order valence-corrected chi connectivity index (χ2v) is 2.44. The van der Waals surface area contributed by atoms with Gasteiger partial charge in [-0.25, -0.2) is 9.59 Å². The van der Waals surface area contributed by atoms with E-state index in [9.17, 15) is 9.59 Å². The molecule has 0 saturated carbocycles. The first kappa shape index (κ1) is 11.8. The summed E-state index contributed by atoms with van der Waals surface area (Å²) in [5.41, 5.74) is 0. The fourth-order valence-corrected chi connectivity index (χ4v) is 0.623. The van der Waals surface area contributed by atoms with Gasteiger partial charge in [0.25, 0.3) is 0 Å². The van der Waals surface area contributed by atoms with E-state index in [4.69, 9.17) is 25.5 Å². The zero-order valence-corrected chi connectivity index (χ0v) is 6.49. The third-order valence-corrected chi connectivity index (χ3v) is 1.37. The first-order chi connectivity index (χ1) is 5.86. The largest absolute Gasteiger partial charge is 0.479 e. The Morgan fingerprint density at radius 1 is 1.00 bits per heavy atom. The summed E-state index contributed by atoms with van der Waals surface area (Å²) in [6.45, 7) is 0. The van der Waals surface area contributed by atoms with Gasteiger partial charge in [-0.3, -0.25) is 0 Å². The molecular weight excluding hydrogens is 184 g/mol. The molecule has 5 N–H and O–H groups in total. The molecule has 0 amide bonds. The minimum Gasteiger partial charge on any atom is -0.479 e. The lowest BCUT2D eigenvalue weighted by Crippen LogP contribution is -2.38. The standard InChI is InChI=1S/C6H10O7/c7-2(4(9)6(12)13)1-3(8)5(10)11/h2-4,7-9H,1H2,(H,10,11)(H,12,13)/t2-,3+,4-/m0/s1. The molecule has 0 rings (SSSR count). The number of carboxylic acid groups (broad SMARTS) is 2. The molecular formula is C6H10O7. The Balaban J connectivity index is 4.06. The van der Waals surface area contributed by atoms with Gasteiger partial charge in [0.05, 0.1) is 6.10 Å². The number of rotatable bonds is 5. The van der Waals surface area contributed by atoms with Crippen molar-refractivity contribution >= 4 is 11.9 Å². The van der Waals surface area contributed by atoms with Crippen LogP contribution in [0.15, 0.2) is 0 Å². The minimum absolute atomic E-state index is 0.733. The van der Waals surface area contributed by atoms with E-state index in [0.29, 0.717) is 0 Å². The molecule has 7 nitrogen and oxygen atoms in total. The smallest absolute Gasteiger partial charge is 0.335 e. The second-order valence-electron chi connectivity index (χ2n) is 2.44. The van der Waals surface area contributed by atoms with Gasteiger partial charge in [0, 0.05) is 6.42 Å². The predicted molar refractivity (Wildman–Crippen MR) is 37.9 cm³/mol. The lowest BCUT2D eigenvalue weighted by atomic mass is 10.1. The van der Waals surface area contributed by atoms with Crippen molar-refractivity contribution in [3.63, 3.8) is 0 Å². The van der Waals surface area contributed by atoms with Gasteiger partial charge < -0.3 is 25.5 Å². The van der Waals surface area contributed by atoms with Crippen LogP contribution in [0.25, 0.3) is 0 Å². The lowest BCUT2D eigenvalue weighted by Gasteiger charge is -2.14. The van der Waals surface area contributed by atoms with Crippen LogP contribution in [0.2, 0.25) is 0 Å². The zero-order valence-electron chi connectivity index (χ0n) is 6.49. The van der Waals surface area contributed by atoms with Crippen LogP contribution in [0.5, 0.6) is 0 Å². The molecule has 0 spiro atoms. The Labute approximate surface area is 72.9 Å². The van der Waals surface area contributed by atoms with Crippen LogP contribution in [-0.4, -0.2) is 55.8 Å². The molecule has 3 atom stereocenters. The zero-order chi connectivity index (χ0) is 10.6. The van der Waals surface area contributed by atoms with Gasteiger partial charge in [0.1, 0.15) is 0 Å². The molecule has 0 aromatic heterocycles. The van der Waals surface area contributed by atoms with Crippen molar-refractivity contribution in [3.05, 3.63) is 0 Å². The summed E-state index contributed by atoms with van der Waals surface area (Å²) >= 11 is 0. The summed E-state index contributed by atoms with van der Waals surface area (Å²) in [5, 5.41) is 42.5. The third kappa shape index (κ3) is 3.83. The van der Waals surface area contributed by atoms with Gasteiger partial charge in [-0.05, 0) is 0 Å². The number of aliphatic hydroxyl groups excluding tert-OH is 3. The predicted octanol–water partition coefficient (Wildman–Crippen LogP) is -2.37. The Morgan fingerprint density at radius 3 is 1.77 bits per heavy atom. The first-order valence-electron chi connectivity index (χ1n) is 3.36. The fraction of sp³-hybridized carbons (Fsp3) is 0.667. The highest BCUT2D eigenvalue weighted by Crippen LogP contribution is 2.03. The van der Waals surface area contributed by atoms with Crippen molar-refractivity contribution in [2.75, 3.05) is 0 Å². The molecule has 0 aliphatic carbocycles. The van der Waals surface area contributed by atoms with E-state index in [1.165, 1.54) is 0 Å². The quantitative estimate of drug-likeness (QED) is 0.330. The molecule has 0 unspecified atom stereocenters. The normalized spacial score (nSPS) is 17.5. The molecule has 0 aromatic carbocycles. The number of hydrogen-bond acceptors (Lipinski definition) is 5. The van der Waals surface area contributed by atoms with Crippen LogP contribution in [0.4, 0.5) is 0 Å². The van der Waals surface area contributed by atoms with Crippen molar-refractivity contribution in [2.24, 2.45) is 0 Å². The number of aliphatic carboxylic acids is 2. The summed E-state index contributed by atoms with van der Waals surface area (Å²) in [6.07, 6.45) is -6.51. The average molecular weight is 194 g/mol. The molecule has 7 heteroatoms. The van der Waals surface area contributed by atoms with E-state index in [1.54, 1.807) is 0 Å². The minimum atomic E-state index is -2.09. The molecule has 0 aromatic rings. The van der Waals surface area contributed by atoms with Gasteiger partial charge in [-0.2, -0.15) is 0 Å². The topological polar surface area (TPSA) is 135 Å². The molecule has 0 fully saturated rings. The van der Waals surface area contributed by atoms with Crippen LogP contribution >= 0.6 is 0 Å². The highest BCUT2D eigenvalue weighted by molar-refractivity contribution is 5.74. The van der Waals surface area contributed by atoms with Crippen LogP contribution in [0, 0.1) is 0 Å². The maximum Gasteiger partial charge on any atom is 0.335 e. The summed E-state index contributed by atoms with van der Waals surface area (Å²) in [5.74, 6) is -3.26. The maximum absolute atomic E-state index is 10.1. The molecule has 76 valence electrons. The van der Waals surface area contributed by atoms with E-state index in [0.717, 1.165) is 0 Å². The van der Waals surface area contributed by atoms with E-state index in [-0.39, 0.29) is 0 Å². The lowest BCUT2D eigenvalue weighted by molar-refractivity contribution is -0.158. The molecule has 0 aliphatic rings. The highest BCUT2D eigenvalue weighted by Gasteiger charge is 2.28. The second kappa shape index (κ2) is 4.75. The summed E-state index contributed by atoms with van der Waals surface area (Å²) < 4.78 is 0. The van der Waals surface area contributed by atoms with Gasteiger partial charge >= 0.3 is 11.9 Å². The van der Waals surface area contributed by atoms with Crippen molar-refractivity contribution in [2.45, 2.75) is 24.7 Å². The Hall–Kier alpha value is -1.18. The maximum atomic E-state index is 10.1. The third-order valence-electron chi connectivity index (χ3n) is 1.37. The van der Waals surface area contributed by atoms with Gasteiger partial charge in [0.15, 0.2) is 12.2 Å². The number of hydrogen-bond donors (Lipinski definition) is 5. The summed E-state index contributed by atoms with van der Waals surface area (Å²) in [7, 11) is 0. The van der Waals surface area contributed by atoms with E-state index in [1.807, 2.05) is 0 Å². The monoisotopic (exact) mass is 194 g/mol. The number of carboxylic acids is 2. The number of carbonyl (C=O) groups is 2. The van der Waals surface area contributed by atoms with Crippen molar-refractivity contribution < 1.29 is 35.1 Å². The summed E-state index contributed by atoms with van der Waals surface area (Å²) in [4.78, 5) is 20.1. The van der Waals surface area contributed by atoms with Gasteiger partial charge in [-0.15, -0.1) is 0 Å². The first-order valence-corrected chi connectivity index (χ1v) is 3.36. The van der Waals surface area contributed by atoms with Crippen molar-refractivity contribution in [3.8, 4) is 0 Å². The Bertz CT molecular complexity index is 201. The van der Waals surface area contributed by atoms with Crippen LogP contribution in [0.1, 0.15) is 6.42 Å². The van der Waals surface area contributed by atoms with E-state index >= 15 is 0 Å². The average Bonchev–Trinajstić information content (AvgIpc) is 2.02. The van der Waals surface area contributed by atoms with Crippen molar-refractivity contribution in [1.82, 2.24) is 0 Å². The van der Waals surface area contributed by atoms with Gasteiger partial charge in [-0.1, -0.05) is 0 Å². The highest BCUT2D eigenvalue weighted by atomic mass is 16.4. The molecule has 0 bridgehead atoms.